The SMILES string of the molecule is CC(C)Sc1ccc2ncccc2c1[N+](=O)[O-]. The van der Waals surface area contributed by atoms with Crippen LogP contribution in [-0.2, 0) is 0 Å². The lowest BCUT2D eigenvalue weighted by molar-refractivity contribution is -0.385. The lowest BCUT2D eigenvalue weighted by atomic mass is 10.2. The lowest BCUT2D eigenvalue weighted by Crippen LogP contribution is -1.95. The molecule has 5 heteroatoms. The Morgan fingerprint density at radius 2 is 2.12 bits per heavy atom. The maximum Gasteiger partial charge on any atom is 0.292 e. The molecule has 2 aromatic rings. The monoisotopic (exact) mass is 248 g/mol. The molecule has 1 aromatic heterocycles. The van der Waals surface area contributed by atoms with E-state index in [0.29, 0.717) is 21.0 Å². The van der Waals surface area contributed by atoms with Crippen LogP contribution in [0.1, 0.15) is 13.8 Å². The normalized spacial score (nSPS) is 11.0. The van der Waals surface area contributed by atoms with E-state index in [1.165, 1.54) is 11.8 Å². The van der Waals surface area contributed by atoms with Gasteiger partial charge in [0.1, 0.15) is 0 Å². The Morgan fingerprint density at radius 3 is 2.76 bits per heavy atom. The third-order valence-electron chi connectivity index (χ3n) is 2.26. The standard InChI is InChI=1S/C12H12N2O2S/c1-8(2)17-11-6-5-10-9(4-3-7-13-10)12(11)14(15)16/h3-8H,1-2H3. The Bertz CT molecular complexity index is 569. The molecule has 0 aliphatic carbocycles. The van der Waals surface area contributed by atoms with Gasteiger partial charge in [0.15, 0.2) is 0 Å². The molecule has 0 bridgehead atoms. The molecule has 0 atom stereocenters. The summed E-state index contributed by atoms with van der Waals surface area (Å²) in [6.07, 6.45) is 1.64. The van der Waals surface area contributed by atoms with Gasteiger partial charge in [-0.15, -0.1) is 11.8 Å². The smallest absolute Gasteiger partial charge is 0.258 e. The van der Waals surface area contributed by atoms with E-state index in [-0.39, 0.29) is 10.6 Å². The van der Waals surface area contributed by atoms with Crippen LogP contribution < -0.4 is 0 Å². The number of thioether (sulfide) groups is 1. The number of hydrogen-bond donors (Lipinski definition) is 0. The highest BCUT2D eigenvalue weighted by Crippen LogP contribution is 2.36. The average molecular weight is 248 g/mol. The number of benzene rings is 1. The van der Waals surface area contributed by atoms with Crippen LogP contribution in [0.25, 0.3) is 10.9 Å². The van der Waals surface area contributed by atoms with Gasteiger partial charge in [-0.3, -0.25) is 15.1 Å². The Balaban J connectivity index is 2.68. The van der Waals surface area contributed by atoms with E-state index in [1.54, 1.807) is 24.4 Å². The van der Waals surface area contributed by atoms with Crippen molar-refractivity contribution in [2.24, 2.45) is 0 Å². The minimum Gasteiger partial charge on any atom is -0.258 e. The van der Waals surface area contributed by atoms with E-state index in [9.17, 15) is 10.1 Å². The van der Waals surface area contributed by atoms with Gasteiger partial charge in [-0.25, -0.2) is 0 Å². The second-order valence-corrected chi connectivity index (χ2v) is 5.52. The van der Waals surface area contributed by atoms with Crippen molar-refractivity contribution in [3.8, 4) is 0 Å². The highest BCUT2D eigenvalue weighted by atomic mass is 32.2. The third-order valence-corrected chi connectivity index (χ3v) is 3.32. The fourth-order valence-electron chi connectivity index (χ4n) is 1.65. The summed E-state index contributed by atoms with van der Waals surface area (Å²) in [6, 6.07) is 7.06. The van der Waals surface area contributed by atoms with Gasteiger partial charge in [0, 0.05) is 11.4 Å². The number of nitro groups is 1. The Hall–Kier alpha value is -1.62. The second kappa shape index (κ2) is 4.71. The topological polar surface area (TPSA) is 56.0 Å². The maximum atomic E-state index is 11.2. The second-order valence-electron chi connectivity index (χ2n) is 3.91. The fourth-order valence-corrected chi connectivity index (χ4v) is 2.60. The summed E-state index contributed by atoms with van der Waals surface area (Å²) in [4.78, 5) is 15.7. The van der Waals surface area contributed by atoms with Gasteiger partial charge >= 0.3 is 0 Å². The maximum absolute atomic E-state index is 11.2. The highest BCUT2D eigenvalue weighted by Gasteiger charge is 2.19. The van der Waals surface area contributed by atoms with Crippen molar-refractivity contribution >= 4 is 28.4 Å². The van der Waals surface area contributed by atoms with Gasteiger partial charge in [-0.2, -0.15) is 0 Å². The predicted molar refractivity (Wildman–Crippen MR) is 69.4 cm³/mol. The van der Waals surface area contributed by atoms with Crippen molar-refractivity contribution < 1.29 is 4.92 Å². The number of aromatic nitrogens is 1. The molecule has 2 rings (SSSR count). The molecule has 1 heterocycles. The number of nitro benzene ring substituents is 1. The quantitative estimate of drug-likeness (QED) is 0.472. The van der Waals surface area contributed by atoms with Crippen molar-refractivity contribution in [2.75, 3.05) is 0 Å². The van der Waals surface area contributed by atoms with E-state index >= 15 is 0 Å². The summed E-state index contributed by atoms with van der Waals surface area (Å²) >= 11 is 1.50. The Kier molecular flexibility index (Phi) is 3.28. The molecule has 4 nitrogen and oxygen atoms in total. The molecule has 1 aromatic carbocycles. The molecule has 17 heavy (non-hydrogen) atoms. The third kappa shape index (κ3) is 2.39. The molecular formula is C12H12N2O2S. The first-order chi connectivity index (χ1) is 8.09. The molecule has 0 aliphatic rings. The highest BCUT2D eigenvalue weighted by molar-refractivity contribution is 8.00. The van der Waals surface area contributed by atoms with Crippen LogP contribution >= 0.6 is 11.8 Å². The summed E-state index contributed by atoms with van der Waals surface area (Å²) < 4.78 is 0. The molecule has 0 saturated carbocycles. The molecule has 0 saturated heterocycles. The van der Waals surface area contributed by atoms with E-state index in [0.717, 1.165) is 0 Å². The minimum atomic E-state index is -0.325. The molecule has 0 radical (unpaired) electrons. The van der Waals surface area contributed by atoms with Crippen molar-refractivity contribution in [3.05, 3.63) is 40.6 Å². The summed E-state index contributed by atoms with van der Waals surface area (Å²) in [5.74, 6) is 0. The van der Waals surface area contributed by atoms with Crippen LogP contribution in [0.5, 0.6) is 0 Å². The first-order valence-corrected chi connectivity index (χ1v) is 6.16. The van der Waals surface area contributed by atoms with Crippen LogP contribution in [0.3, 0.4) is 0 Å². The number of pyridine rings is 1. The first-order valence-electron chi connectivity index (χ1n) is 5.28. The predicted octanol–water partition coefficient (Wildman–Crippen LogP) is 3.64. The van der Waals surface area contributed by atoms with E-state index in [4.69, 9.17) is 0 Å². The number of fused-ring (bicyclic) bond motifs is 1. The summed E-state index contributed by atoms with van der Waals surface area (Å²) in [5, 5.41) is 12.1. The van der Waals surface area contributed by atoms with Crippen molar-refractivity contribution in [1.82, 2.24) is 4.98 Å². The average Bonchev–Trinajstić information content (AvgIpc) is 2.27. The summed E-state index contributed by atoms with van der Waals surface area (Å²) in [6.45, 7) is 4.03. The Morgan fingerprint density at radius 1 is 1.35 bits per heavy atom. The molecule has 0 amide bonds. The van der Waals surface area contributed by atoms with Crippen molar-refractivity contribution in [2.45, 2.75) is 24.0 Å². The Labute approximate surface area is 103 Å². The number of rotatable bonds is 3. The zero-order valence-electron chi connectivity index (χ0n) is 9.58. The molecule has 0 N–H and O–H groups in total. The molecule has 0 spiro atoms. The number of nitrogens with zero attached hydrogens (tertiary/aromatic N) is 2. The van der Waals surface area contributed by atoms with Gasteiger partial charge in [0.05, 0.1) is 20.7 Å². The van der Waals surface area contributed by atoms with Gasteiger partial charge in [0.2, 0.25) is 0 Å². The molecule has 0 fully saturated rings. The van der Waals surface area contributed by atoms with E-state index in [1.807, 2.05) is 19.9 Å². The number of hydrogen-bond acceptors (Lipinski definition) is 4. The van der Waals surface area contributed by atoms with E-state index in [2.05, 4.69) is 4.98 Å². The van der Waals surface area contributed by atoms with Gasteiger partial charge in [-0.1, -0.05) is 13.8 Å². The van der Waals surface area contributed by atoms with Crippen LogP contribution in [0.2, 0.25) is 0 Å². The van der Waals surface area contributed by atoms with Gasteiger partial charge in [0.25, 0.3) is 5.69 Å². The molecule has 0 aliphatic heterocycles. The van der Waals surface area contributed by atoms with E-state index < -0.39 is 0 Å². The first kappa shape index (κ1) is 11.9. The lowest BCUT2D eigenvalue weighted by Gasteiger charge is -2.07. The largest absolute Gasteiger partial charge is 0.292 e. The minimum absolute atomic E-state index is 0.161. The molecular weight excluding hydrogens is 236 g/mol. The summed E-state index contributed by atoms with van der Waals surface area (Å²) in [7, 11) is 0. The van der Waals surface area contributed by atoms with Crippen LogP contribution in [0, 0.1) is 10.1 Å². The van der Waals surface area contributed by atoms with Gasteiger partial charge in [-0.05, 0) is 24.3 Å². The van der Waals surface area contributed by atoms with Crippen LogP contribution in [0.15, 0.2) is 35.4 Å². The van der Waals surface area contributed by atoms with Crippen molar-refractivity contribution in [1.29, 1.82) is 0 Å². The van der Waals surface area contributed by atoms with Crippen LogP contribution in [-0.4, -0.2) is 15.2 Å². The summed E-state index contributed by atoms with van der Waals surface area (Å²) in [5.41, 5.74) is 0.821. The van der Waals surface area contributed by atoms with Gasteiger partial charge < -0.3 is 0 Å². The van der Waals surface area contributed by atoms with Crippen molar-refractivity contribution in [3.63, 3.8) is 0 Å². The van der Waals surface area contributed by atoms with Crippen LogP contribution in [0.4, 0.5) is 5.69 Å². The zero-order valence-corrected chi connectivity index (χ0v) is 10.4. The zero-order chi connectivity index (χ0) is 12.4. The fraction of sp³-hybridized carbons (Fsp3) is 0.250. The molecule has 88 valence electrons. The molecule has 0 unspecified atom stereocenters.